The first-order valence-corrected chi connectivity index (χ1v) is 24.1. The first kappa shape index (κ1) is 31.9. The molecule has 0 saturated heterocycles. The van der Waals surface area contributed by atoms with Crippen molar-refractivity contribution in [1.82, 2.24) is 9.97 Å². The minimum Gasteiger partial charge on any atom is -0.501 e. The average molecular weight is 895 g/mol. The van der Waals surface area contributed by atoms with Crippen molar-refractivity contribution in [2.24, 2.45) is 0 Å². The van der Waals surface area contributed by atoms with E-state index >= 15 is 0 Å². The summed E-state index contributed by atoms with van der Waals surface area (Å²) in [6, 6.07) is 40.8. The molecule has 3 aromatic heterocycles. The fourth-order valence-corrected chi connectivity index (χ4v) is 9.73. The minimum atomic E-state index is -2.03. The van der Waals surface area contributed by atoms with Crippen molar-refractivity contribution in [2.45, 2.75) is 56.8 Å². The van der Waals surface area contributed by atoms with Crippen LogP contribution in [0.15, 0.2) is 120 Å². The topological polar surface area (TPSA) is 38.9 Å². The fraction of sp³-hybridized carbons (Fsp3) is 0.200. The predicted octanol–water partition coefficient (Wildman–Crippen LogP) is 12.1. The van der Waals surface area contributed by atoms with Crippen molar-refractivity contribution in [2.75, 3.05) is 0 Å². The van der Waals surface area contributed by atoms with E-state index in [-0.39, 0.29) is 26.3 Å². The van der Waals surface area contributed by atoms with Gasteiger partial charge in [-0.2, -0.15) is 0 Å². The second kappa shape index (κ2) is 14.6. The molecule has 8 rings (SSSR count). The van der Waals surface area contributed by atoms with E-state index < -0.39 is 25.1 Å². The molecule has 0 amide bonds. The Morgan fingerprint density at radius 1 is 0.700 bits per heavy atom. The van der Waals surface area contributed by atoms with Gasteiger partial charge in [0.05, 0.1) is 6.95 Å². The molecule has 0 aliphatic rings. The maximum Gasteiger partial charge on any atom is 0.121 e. The number of aromatic nitrogens is 2. The van der Waals surface area contributed by atoms with Crippen molar-refractivity contribution >= 4 is 61.1 Å². The zero-order chi connectivity index (χ0) is 37.0. The molecule has 0 N–H and O–H groups in total. The maximum atomic E-state index is 8.44. The minimum absolute atomic E-state index is 0. The van der Waals surface area contributed by atoms with E-state index in [1.165, 1.54) is 15.2 Å². The Morgan fingerprint density at radius 2 is 1.48 bits per heavy atom. The van der Waals surface area contributed by atoms with Gasteiger partial charge in [0, 0.05) is 33.0 Å². The summed E-state index contributed by atoms with van der Waals surface area (Å²) in [6.07, 6.45) is 2.14. The van der Waals surface area contributed by atoms with Gasteiger partial charge in [-0.05, 0) is 51.3 Å². The Labute approximate surface area is 316 Å². The van der Waals surface area contributed by atoms with E-state index in [0.29, 0.717) is 16.8 Å². The molecule has 1 radical (unpaired) electrons. The Bertz CT molecular complexity index is 2600. The summed E-state index contributed by atoms with van der Waals surface area (Å²) in [7, 11) is 0. The molecular weight excluding hydrogens is 849 g/mol. The molecular formula is C45H42GeIrN2O-2. The molecule has 0 unspecified atom stereocenters. The zero-order valence-corrected chi connectivity index (χ0v) is 34.0. The van der Waals surface area contributed by atoms with Gasteiger partial charge < -0.3 is 9.40 Å². The third kappa shape index (κ3) is 7.07. The molecule has 0 aliphatic heterocycles. The number of nitrogens with zero attached hydrogens (tertiary/aromatic N) is 2. The molecule has 8 aromatic rings. The summed E-state index contributed by atoms with van der Waals surface area (Å²) in [6.45, 7) is 7.54. The van der Waals surface area contributed by atoms with Gasteiger partial charge in [0.15, 0.2) is 0 Å². The van der Waals surface area contributed by atoms with Crippen LogP contribution in [0.4, 0.5) is 0 Å². The van der Waals surface area contributed by atoms with Crippen LogP contribution < -0.4 is 4.40 Å². The quantitative estimate of drug-likeness (QED) is 0.0982. The van der Waals surface area contributed by atoms with Crippen LogP contribution in [0.3, 0.4) is 0 Å². The molecule has 0 fully saturated rings. The standard InChI is InChI=1S/C28H20NO.C17H22GeN.Ir/c1-17(2)19-12-13-29-26(15-19)23-9-5-8-22-25-14-20-11-10-18-6-3-4-7-21(18)24(20)16-27(25)30-28(22)23;1-13(2)15-11-17(14-9-7-6-8-10-14)19-12-16(15)18(3,4)5;/h3-8,10-17H,1-2H3;6-9,11-13H,1-5H3;/q2*-1;/i13D,17D;13D;. The summed E-state index contributed by atoms with van der Waals surface area (Å²) in [5.74, 6) is 5.62. The van der Waals surface area contributed by atoms with E-state index in [1.807, 2.05) is 76.4 Å². The van der Waals surface area contributed by atoms with Crippen LogP contribution in [-0.4, -0.2) is 23.2 Å². The van der Waals surface area contributed by atoms with Crippen LogP contribution in [-0.2, 0) is 20.1 Å². The van der Waals surface area contributed by atoms with E-state index in [1.54, 1.807) is 6.07 Å². The number of hydrogen-bond donors (Lipinski definition) is 0. The number of benzene rings is 5. The van der Waals surface area contributed by atoms with Crippen LogP contribution in [0, 0.1) is 12.1 Å². The number of furan rings is 1. The summed E-state index contributed by atoms with van der Waals surface area (Å²) in [4.78, 5) is 9.05. The molecule has 0 bridgehead atoms. The largest absolute Gasteiger partial charge is 0.501 e. The molecule has 0 spiro atoms. The fourth-order valence-electron chi connectivity index (χ4n) is 6.41. The van der Waals surface area contributed by atoms with Gasteiger partial charge in [-0.25, -0.2) is 0 Å². The molecule has 0 aliphatic carbocycles. The molecule has 5 aromatic carbocycles. The smallest absolute Gasteiger partial charge is 0.121 e. The van der Waals surface area contributed by atoms with E-state index in [9.17, 15) is 0 Å². The molecule has 50 heavy (non-hydrogen) atoms. The normalized spacial score (nSPS) is 13.0. The Balaban J connectivity index is 0.000000199. The van der Waals surface area contributed by atoms with Gasteiger partial charge in [-0.1, -0.05) is 72.8 Å². The number of rotatable bonds is 5. The third-order valence-electron chi connectivity index (χ3n) is 9.06. The van der Waals surface area contributed by atoms with Gasteiger partial charge in [-0.3, -0.25) is 0 Å². The third-order valence-corrected chi connectivity index (χ3v) is 13.3. The zero-order valence-electron chi connectivity index (χ0n) is 32.5. The van der Waals surface area contributed by atoms with Gasteiger partial charge >= 0.3 is 120 Å². The van der Waals surface area contributed by atoms with E-state index in [4.69, 9.17) is 8.53 Å². The van der Waals surface area contributed by atoms with Gasteiger partial charge in [0.2, 0.25) is 0 Å². The molecule has 3 heterocycles. The van der Waals surface area contributed by atoms with Crippen molar-refractivity contribution < 1.29 is 28.6 Å². The SMILES string of the molecule is [2H]C(C)(C)c1cc(-c2[c-]cccc2)nc[c]1[Ge]([CH3])([CH3])[CH3].[2H]c1cc(C([2H])(C)C)cc(-c2[c-]ccc3c2oc2cc4c(ccc5ccccc54)cc23)n1.[Ir]. The molecule has 253 valence electrons. The number of pyridine rings is 2. The first-order valence-electron chi connectivity index (χ1n) is 18.2. The van der Waals surface area contributed by atoms with Crippen molar-refractivity contribution in [3.8, 4) is 22.5 Å². The van der Waals surface area contributed by atoms with Crippen molar-refractivity contribution in [3.05, 3.63) is 139 Å². The number of fused-ring (bicyclic) bond motifs is 6. The summed E-state index contributed by atoms with van der Waals surface area (Å²) >= 11 is -2.03. The van der Waals surface area contributed by atoms with Crippen LogP contribution in [0.25, 0.3) is 66.0 Å². The van der Waals surface area contributed by atoms with Gasteiger partial charge in [0.1, 0.15) is 5.58 Å². The van der Waals surface area contributed by atoms with Gasteiger partial charge in [0.25, 0.3) is 0 Å². The molecule has 3 nitrogen and oxygen atoms in total. The van der Waals surface area contributed by atoms with Gasteiger partial charge in [-0.15, -0.1) is 18.2 Å². The van der Waals surface area contributed by atoms with Crippen LogP contribution in [0.1, 0.15) is 54.7 Å². The van der Waals surface area contributed by atoms with E-state index in [2.05, 4.69) is 94.0 Å². The second-order valence-electron chi connectivity index (χ2n) is 14.1. The van der Waals surface area contributed by atoms with Crippen molar-refractivity contribution in [1.29, 1.82) is 0 Å². The van der Waals surface area contributed by atoms with Crippen LogP contribution in [0.2, 0.25) is 17.3 Å². The molecule has 0 atom stereocenters. The summed E-state index contributed by atoms with van der Waals surface area (Å²) < 4.78 is 32.7. The van der Waals surface area contributed by atoms with Crippen LogP contribution >= 0.6 is 0 Å². The predicted molar refractivity (Wildman–Crippen MR) is 210 cm³/mol. The number of hydrogen-bond acceptors (Lipinski definition) is 3. The molecule has 5 heteroatoms. The Morgan fingerprint density at radius 3 is 2.22 bits per heavy atom. The Hall–Kier alpha value is -4.09. The average Bonchev–Trinajstić information content (AvgIpc) is 3.47. The monoisotopic (exact) mass is 896 g/mol. The summed E-state index contributed by atoms with van der Waals surface area (Å²) in [5, 5.41) is 6.76. The first-order chi connectivity index (χ1) is 24.6. The Kier molecular flexibility index (Phi) is 9.33. The van der Waals surface area contributed by atoms with Crippen molar-refractivity contribution in [3.63, 3.8) is 0 Å². The molecule has 0 saturated carbocycles. The summed E-state index contributed by atoms with van der Waals surface area (Å²) in [5.41, 5.74) is 6.60. The van der Waals surface area contributed by atoms with Crippen LogP contribution in [0.5, 0.6) is 0 Å². The van der Waals surface area contributed by atoms with E-state index in [0.717, 1.165) is 49.5 Å². The second-order valence-corrected chi connectivity index (χ2v) is 24.6. The maximum absolute atomic E-state index is 8.44.